The highest BCUT2D eigenvalue weighted by molar-refractivity contribution is 6.30. The number of amides is 1. The van der Waals surface area contributed by atoms with Crippen LogP contribution >= 0.6 is 11.6 Å². The molecule has 0 aliphatic carbocycles. The van der Waals surface area contributed by atoms with Crippen molar-refractivity contribution in [3.63, 3.8) is 0 Å². The van der Waals surface area contributed by atoms with Crippen molar-refractivity contribution in [3.8, 4) is 16.9 Å². The summed E-state index contributed by atoms with van der Waals surface area (Å²) in [6, 6.07) is 9.41. The van der Waals surface area contributed by atoms with Gasteiger partial charge in [-0.15, -0.1) is 0 Å². The standard InChI is InChI=1S/C21H23ClN6O2/c1-3-30-21(29)27-12-10-26(11-13-27)20-23-9-8-19(24-20)18-14-28(25-15(18)2)17-6-4-16(22)5-7-17/h4-9,14H,3,10-13H2,1-2H3. The molecule has 3 heterocycles. The first-order valence-electron chi connectivity index (χ1n) is 9.87. The van der Waals surface area contributed by atoms with Gasteiger partial charge in [-0.2, -0.15) is 5.10 Å². The number of rotatable bonds is 4. The smallest absolute Gasteiger partial charge is 0.409 e. The number of carbonyl (C=O) groups is 1. The molecule has 3 aromatic rings. The van der Waals surface area contributed by atoms with Gasteiger partial charge in [0, 0.05) is 49.2 Å². The molecule has 0 spiro atoms. The van der Waals surface area contributed by atoms with Gasteiger partial charge < -0.3 is 14.5 Å². The van der Waals surface area contributed by atoms with Gasteiger partial charge in [0.2, 0.25) is 5.95 Å². The minimum absolute atomic E-state index is 0.267. The van der Waals surface area contributed by atoms with Crippen LogP contribution in [0.5, 0.6) is 0 Å². The molecule has 0 bridgehead atoms. The van der Waals surface area contributed by atoms with Crippen molar-refractivity contribution in [2.45, 2.75) is 13.8 Å². The Kier molecular flexibility index (Phi) is 5.85. The topological polar surface area (TPSA) is 76.4 Å². The SMILES string of the molecule is CCOC(=O)N1CCN(c2nccc(-c3cn(-c4ccc(Cl)cc4)nc3C)n2)CC1. The maximum absolute atomic E-state index is 11.9. The molecule has 8 nitrogen and oxygen atoms in total. The van der Waals surface area contributed by atoms with E-state index >= 15 is 0 Å². The Hall–Kier alpha value is -3.13. The lowest BCUT2D eigenvalue weighted by atomic mass is 10.2. The van der Waals surface area contributed by atoms with E-state index in [1.165, 1.54) is 0 Å². The number of nitrogens with zero attached hydrogens (tertiary/aromatic N) is 6. The quantitative estimate of drug-likeness (QED) is 0.634. The van der Waals surface area contributed by atoms with E-state index in [0.29, 0.717) is 43.8 Å². The number of aryl methyl sites for hydroxylation is 1. The van der Waals surface area contributed by atoms with Gasteiger partial charge in [-0.1, -0.05) is 11.6 Å². The first-order valence-corrected chi connectivity index (χ1v) is 10.2. The summed E-state index contributed by atoms with van der Waals surface area (Å²) in [6.45, 7) is 6.63. The van der Waals surface area contributed by atoms with E-state index in [-0.39, 0.29) is 6.09 Å². The van der Waals surface area contributed by atoms with Crippen LogP contribution in [-0.2, 0) is 4.74 Å². The van der Waals surface area contributed by atoms with E-state index in [4.69, 9.17) is 21.3 Å². The van der Waals surface area contributed by atoms with Crippen molar-refractivity contribution in [1.29, 1.82) is 0 Å². The molecule has 0 saturated carbocycles. The number of benzene rings is 1. The summed E-state index contributed by atoms with van der Waals surface area (Å²) in [6.07, 6.45) is 3.45. The fourth-order valence-electron chi connectivity index (χ4n) is 3.39. The Morgan fingerprint density at radius 2 is 1.87 bits per heavy atom. The first-order chi connectivity index (χ1) is 14.5. The molecular formula is C21H23ClN6O2. The molecular weight excluding hydrogens is 404 g/mol. The summed E-state index contributed by atoms with van der Waals surface area (Å²) in [5, 5.41) is 5.30. The number of carbonyl (C=O) groups excluding carboxylic acids is 1. The number of halogens is 1. The molecule has 9 heteroatoms. The molecule has 4 rings (SSSR count). The van der Waals surface area contributed by atoms with Crippen LogP contribution < -0.4 is 4.90 Å². The third-order valence-corrected chi connectivity index (χ3v) is 5.25. The molecule has 2 aromatic heterocycles. The summed E-state index contributed by atoms with van der Waals surface area (Å²) >= 11 is 5.98. The van der Waals surface area contributed by atoms with Crippen molar-refractivity contribution in [2.75, 3.05) is 37.7 Å². The fourth-order valence-corrected chi connectivity index (χ4v) is 3.52. The second kappa shape index (κ2) is 8.71. The number of piperazine rings is 1. The average molecular weight is 427 g/mol. The maximum atomic E-state index is 11.9. The zero-order chi connectivity index (χ0) is 21.1. The lowest BCUT2D eigenvalue weighted by Crippen LogP contribution is -2.49. The maximum Gasteiger partial charge on any atom is 0.409 e. The van der Waals surface area contributed by atoms with Crippen molar-refractivity contribution in [2.24, 2.45) is 0 Å². The monoisotopic (exact) mass is 426 g/mol. The van der Waals surface area contributed by atoms with E-state index in [1.54, 1.807) is 11.1 Å². The minimum Gasteiger partial charge on any atom is -0.450 e. The Morgan fingerprint density at radius 3 is 2.57 bits per heavy atom. The third kappa shape index (κ3) is 4.23. The largest absolute Gasteiger partial charge is 0.450 e. The van der Waals surface area contributed by atoms with Gasteiger partial charge in [0.15, 0.2) is 0 Å². The van der Waals surface area contributed by atoms with Crippen LogP contribution in [0, 0.1) is 6.92 Å². The predicted octanol–water partition coefficient (Wildman–Crippen LogP) is 3.57. The molecule has 0 N–H and O–H groups in total. The number of hydrogen-bond donors (Lipinski definition) is 0. The van der Waals surface area contributed by atoms with Crippen molar-refractivity contribution in [3.05, 3.63) is 53.4 Å². The van der Waals surface area contributed by atoms with E-state index < -0.39 is 0 Å². The Labute approximate surface area is 180 Å². The molecule has 0 atom stereocenters. The predicted molar refractivity (Wildman–Crippen MR) is 115 cm³/mol. The van der Waals surface area contributed by atoms with E-state index in [1.807, 2.05) is 55.1 Å². The first kappa shape index (κ1) is 20.2. The average Bonchev–Trinajstić information content (AvgIpc) is 3.16. The zero-order valence-electron chi connectivity index (χ0n) is 17.0. The molecule has 1 aromatic carbocycles. The molecule has 0 radical (unpaired) electrons. The molecule has 1 saturated heterocycles. The molecule has 156 valence electrons. The zero-order valence-corrected chi connectivity index (χ0v) is 17.7. The Morgan fingerprint density at radius 1 is 1.13 bits per heavy atom. The molecule has 1 amide bonds. The molecule has 1 fully saturated rings. The minimum atomic E-state index is -0.267. The highest BCUT2D eigenvalue weighted by Gasteiger charge is 2.23. The molecule has 0 unspecified atom stereocenters. The van der Waals surface area contributed by atoms with Crippen LogP contribution in [-0.4, -0.2) is 63.5 Å². The van der Waals surface area contributed by atoms with Gasteiger partial charge in [0.05, 0.1) is 23.7 Å². The van der Waals surface area contributed by atoms with Crippen LogP contribution in [0.4, 0.5) is 10.7 Å². The lowest BCUT2D eigenvalue weighted by Gasteiger charge is -2.34. The Bertz CT molecular complexity index is 1030. The second-order valence-corrected chi connectivity index (χ2v) is 7.40. The molecule has 1 aliphatic heterocycles. The van der Waals surface area contributed by atoms with Crippen LogP contribution in [0.3, 0.4) is 0 Å². The highest BCUT2D eigenvalue weighted by Crippen LogP contribution is 2.24. The van der Waals surface area contributed by atoms with E-state index in [9.17, 15) is 4.79 Å². The lowest BCUT2D eigenvalue weighted by molar-refractivity contribution is 0.105. The van der Waals surface area contributed by atoms with Gasteiger partial charge in [-0.3, -0.25) is 0 Å². The summed E-state index contributed by atoms with van der Waals surface area (Å²) in [7, 11) is 0. The van der Waals surface area contributed by atoms with Gasteiger partial charge in [0.25, 0.3) is 0 Å². The van der Waals surface area contributed by atoms with Crippen LogP contribution in [0.15, 0.2) is 42.7 Å². The summed E-state index contributed by atoms with van der Waals surface area (Å²) in [5.74, 6) is 0.648. The second-order valence-electron chi connectivity index (χ2n) is 6.96. The van der Waals surface area contributed by atoms with Crippen LogP contribution in [0.2, 0.25) is 5.02 Å². The summed E-state index contributed by atoms with van der Waals surface area (Å²) in [4.78, 5) is 24.9. The third-order valence-electron chi connectivity index (χ3n) is 5.00. The Balaban J connectivity index is 1.52. The molecule has 30 heavy (non-hydrogen) atoms. The van der Waals surface area contributed by atoms with Crippen molar-refractivity contribution in [1.82, 2.24) is 24.6 Å². The molecule has 1 aliphatic rings. The van der Waals surface area contributed by atoms with Gasteiger partial charge in [-0.05, 0) is 44.2 Å². The summed E-state index contributed by atoms with van der Waals surface area (Å²) < 4.78 is 6.90. The van der Waals surface area contributed by atoms with E-state index in [0.717, 1.165) is 22.6 Å². The normalized spacial score (nSPS) is 14.1. The van der Waals surface area contributed by atoms with Gasteiger partial charge in [-0.25, -0.2) is 19.4 Å². The van der Waals surface area contributed by atoms with Crippen LogP contribution in [0.1, 0.15) is 12.6 Å². The fraction of sp³-hybridized carbons (Fsp3) is 0.333. The number of hydrogen-bond acceptors (Lipinski definition) is 6. The van der Waals surface area contributed by atoms with Gasteiger partial charge in [0.1, 0.15) is 0 Å². The van der Waals surface area contributed by atoms with Gasteiger partial charge >= 0.3 is 6.09 Å². The van der Waals surface area contributed by atoms with Crippen LogP contribution in [0.25, 0.3) is 16.9 Å². The highest BCUT2D eigenvalue weighted by atomic mass is 35.5. The van der Waals surface area contributed by atoms with Crippen molar-refractivity contribution < 1.29 is 9.53 Å². The van der Waals surface area contributed by atoms with Crippen molar-refractivity contribution >= 4 is 23.6 Å². The number of anilines is 1. The summed E-state index contributed by atoms with van der Waals surface area (Å²) in [5.41, 5.74) is 3.56. The number of aromatic nitrogens is 4. The number of ether oxygens (including phenoxy) is 1. The van der Waals surface area contributed by atoms with E-state index in [2.05, 4.69) is 15.0 Å².